The van der Waals surface area contributed by atoms with Gasteiger partial charge in [0.15, 0.2) is 17.0 Å². The summed E-state index contributed by atoms with van der Waals surface area (Å²) in [5.74, 6) is -0.304. The van der Waals surface area contributed by atoms with Crippen LogP contribution in [0.4, 0.5) is 13.2 Å². The highest BCUT2D eigenvalue weighted by atomic mass is 19.4. The van der Waals surface area contributed by atoms with Crippen LogP contribution in [0, 0.1) is 6.92 Å². The number of rotatable bonds is 5. The Bertz CT molecular complexity index is 1350. The van der Waals surface area contributed by atoms with Crippen molar-refractivity contribution in [3.8, 4) is 11.3 Å². The van der Waals surface area contributed by atoms with E-state index < -0.39 is 23.8 Å². The number of fused-ring (bicyclic) bond motifs is 1. The highest BCUT2D eigenvalue weighted by molar-refractivity contribution is 5.93. The maximum Gasteiger partial charge on any atom is 0.433 e. The van der Waals surface area contributed by atoms with Crippen molar-refractivity contribution in [3.05, 3.63) is 70.8 Å². The summed E-state index contributed by atoms with van der Waals surface area (Å²) < 4.78 is 43.9. The van der Waals surface area contributed by atoms with Gasteiger partial charge >= 0.3 is 6.18 Å². The molecule has 178 valence electrons. The van der Waals surface area contributed by atoms with Gasteiger partial charge in [-0.2, -0.15) is 23.4 Å². The highest BCUT2D eigenvalue weighted by Crippen LogP contribution is 2.32. The number of carbonyl (C=O) groups excluding carboxylic acids is 1. The molecular weight excluding hydrogens is 445 g/mol. The maximum absolute atomic E-state index is 13.9. The van der Waals surface area contributed by atoms with Crippen molar-refractivity contribution in [1.82, 2.24) is 29.7 Å². The lowest BCUT2D eigenvalue weighted by atomic mass is 10.0. The zero-order chi connectivity index (χ0) is 24.8. The van der Waals surface area contributed by atoms with E-state index in [4.69, 9.17) is 0 Å². The van der Waals surface area contributed by atoms with E-state index in [0.717, 1.165) is 22.9 Å². The van der Waals surface area contributed by atoms with Crippen LogP contribution in [0.5, 0.6) is 0 Å². The minimum Gasteiger partial charge on any atom is -0.344 e. The van der Waals surface area contributed by atoms with Crippen LogP contribution >= 0.6 is 0 Å². The fourth-order valence-corrected chi connectivity index (χ4v) is 3.87. The number of hydrogen-bond acceptors (Lipinski definition) is 4. The van der Waals surface area contributed by atoms with Gasteiger partial charge in [0.1, 0.15) is 0 Å². The summed E-state index contributed by atoms with van der Waals surface area (Å²) in [7, 11) is 1.77. The van der Waals surface area contributed by atoms with E-state index in [-0.39, 0.29) is 17.0 Å². The summed E-state index contributed by atoms with van der Waals surface area (Å²) in [6, 6.07) is 9.04. The molecule has 0 aliphatic rings. The maximum atomic E-state index is 13.9. The third-order valence-corrected chi connectivity index (χ3v) is 5.69. The fraction of sp³-hybridized carbons (Fsp3) is 0.333. The first-order chi connectivity index (χ1) is 15.9. The molecule has 1 unspecified atom stereocenters. The standard InChI is InChI=1S/C24H25F3N6O/c1-13(2)16-6-8-17(9-7-16)19-10-21(24(25,26)27)33-22(29-19)11-20(31-33)23(34)28-14(3)18-12-32(5)30-15(18)4/h6-14H,1-5H3,(H,28,34). The van der Waals surface area contributed by atoms with Gasteiger partial charge in [0.25, 0.3) is 5.91 Å². The van der Waals surface area contributed by atoms with Gasteiger partial charge in [-0.25, -0.2) is 9.50 Å². The monoisotopic (exact) mass is 470 g/mol. The van der Waals surface area contributed by atoms with Gasteiger partial charge in [-0.3, -0.25) is 9.48 Å². The lowest BCUT2D eigenvalue weighted by molar-refractivity contribution is -0.142. The van der Waals surface area contributed by atoms with Crippen LogP contribution in [-0.4, -0.2) is 30.3 Å². The molecule has 0 aliphatic heterocycles. The highest BCUT2D eigenvalue weighted by Gasteiger charge is 2.35. The predicted octanol–water partition coefficient (Wildman–Crippen LogP) is 5.07. The van der Waals surface area contributed by atoms with Gasteiger partial charge in [-0.15, -0.1) is 0 Å². The second-order valence-corrected chi connectivity index (χ2v) is 8.64. The number of benzene rings is 1. The van der Waals surface area contributed by atoms with Crippen LogP contribution in [0.1, 0.15) is 65.7 Å². The SMILES string of the molecule is Cc1nn(C)cc1C(C)NC(=O)c1cc2nc(-c3ccc(C(C)C)cc3)cc(C(F)(F)F)n2n1. The summed E-state index contributed by atoms with van der Waals surface area (Å²) in [5, 5.41) is 10.9. The van der Waals surface area contributed by atoms with Gasteiger partial charge in [0.05, 0.1) is 17.4 Å². The summed E-state index contributed by atoms with van der Waals surface area (Å²) in [5.41, 5.74) is 2.11. The third kappa shape index (κ3) is 4.52. The van der Waals surface area contributed by atoms with E-state index in [0.29, 0.717) is 16.0 Å². The second-order valence-electron chi connectivity index (χ2n) is 8.64. The Morgan fingerprint density at radius 2 is 1.74 bits per heavy atom. The molecule has 10 heteroatoms. The molecule has 3 aromatic heterocycles. The molecule has 1 amide bonds. The quantitative estimate of drug-likeness (QED) is 0.442. The predicted molar refractivity (Wildman–Crippen MR) is 121 cm³/mol. The van der Waals surface area contributed by atoms with E-state index in [1.54, 1.807) is 37.0 Å². The van der Waals surface area contributed by atoms with Crippen molar-refractivity contribution in [2.75, 3.05) is 0 Å². The molecule has 0 saturated heterocycles. The van der Waals surface area contributed by atoms with Crippen LogP contribution in [0.15, 0.2) is 42.6 Å². The summed E-state index contributed by atoms with van der Waals surface area (Å²) in [4.78, 5) is 17.2. The smallest absolute Gasteiger partial charge is 0.344 e. The van der Waals surface area contributed by atoms with Gasteiger partial charge in [-0.05, 0) is 31.4 Å². The van der Waals surface area contributed by atoms with Crippen LogP contribution < -0.4 is 5.32 Å². The van der Waals surface area contributed by atoms with E-state index in [1.165, 1.54) is 6.07 Å². The number of nitrogens with one attached hydrogen (secondary N) is 1. The summed E-state index contributed by atoms with van der Waals surface area (Å²) in [6.07, 6.45) is -2.90. The Morgan fingerprint density at radius 1 is 1.06 bits per heavy atom. The lowest BCUT2D eigenvalue weighted by Crippen LogP contribution is -2.27. The molecule has 0 fully saturated rings. The largest absolute Gasteiger partial charge is 0.433 e. The van der Waals surface area contributed by atoms with Crippen molar-refractivity contribution >= 4 is 11.6 Å². The molecule has 0 spiro atoms. The van der Waals surface area contributed by atoms with Crippen LogP contribution in [0.3, 0.4) is 0 Å². The number of aromatic nitrogens is 5. The topological polar surface area (TPSA) is 77.1 Å². The second kappa shape index (κ2) is 8.58. The number of alkyl halides is 3. The molecule has 1 N–H and O–H groups in total. The number of nitrogens with zero attached hydrogens (tertiary/aromatic N) is 5. The first-order valence-corrected chi connectivity index (χ1v) is 10.8. The molecule has 1 atom stereocenters. The fourth-order valence-electron chi connectivity index (χ4n) is 3.87. The lowest BCUT2D eigenvalue weighted by Gasteiger charge is -2.12. The third-order valence-electron chi connectivity index (χ3n) is 5.69. The van der Waals surface area contributed by atoms with Gasteiger partial charge in [-0.1, -0.05) is 38.1 Å². The van der Waals surface area contributed by atoms with E-state index in [2.05, 4.69) is 20.5 Å². The van der Waals surface area contributed by atoms with E-state index in [1.807, 2.05) is 32.9 Å². The minimum absolute atomic E-state index is 0.0619. The molecular formula is C24H25F3N6O. The van der Waals surface area contributed by atoms with Crippen molar-refractivity contribution in [2.45, 2.75) is 45.8 Å². The molecule has 0 saturated carbocycles. The first-order valence-electron chi connectivity index (χ1n) is 10.8. The number of carbonyl (C=O) groups is 1. The Labute approximate surface area is 194 Å². The zero-order valence-electron chi connectivity index (χ0n) is 19.5. The van der Waals surface area contributed by atoms with Crippen LogP contribution in [0.25, 0.3) is 16.9 Å². The normalized spacial score (nSPS) is 13.0. The van der Waals surface area contributed by atoms with E-state index in [9.17, 15) is 18.0 Å². The Balaban J connectivity index is 1.71. The molecule has 1 aromatic carbocycles. The average molecular weight is 470 g/mol. The van der Waals surface area contributed by atoms with Gasteiger partial charge < -0.3 is 5.32 Å². The Kier molecular flexibility index (Phi) is 5.93. The van der Waals surface area contributed by atoms with Crippen molar-refractivity contribution in [3.63, 3.8) is 0 Å². The zero-order valence-corrected chi connectivity index (χ0v) is 19.5. The number of hydrogen-bond donors (Lipinski definition) is 1. The first kappa shape index (κ1) is 23.5. The summed E-state index contributed by atoms with van der Waals surface area (Å²) >= 11 is 0. The molecule has 0 bridgehead atoms. The van der Waals surface area contributed by atoms with E-state index >= 15 is 0 Å². The number of amides is 1. The summed E-state index contributed by atoms with van der Waals surface area (Å²) in [6.45, 7) is 7.67. The van der Waals surface area contributed by atoms with Crippen molar-refractivity contribution in [1.29, 1.82) is 0 Å². The average Bonchev–Trinajstić information content (AvgIpc) is 3.34. The molecule has 4 aromatic rings. The number of halogens is 3. The molecule has 4 rings (SSSR count). The molecule has 7 nitrogen and oxygen atoms in total. The minimum atomic E-state index is -4.69. The van der Waals surface area contributed by atoms with Crippen LogP contribution in [0.2, 0.25) is 0 Å². The Morgan fingerprint density at radius 3 is 2.29 bits per heavy atom. The van der Waals surface area contributed by atoms with Crippen LogP contribution in [-0.2, 0) is 13.2 Å². The molecule has 0 radical (unpaired) electrons. The molecule has 3 heterocycles. The molecule has 0 aliphatic carbocycles. The molecule has 34 heavy (non-hydrogen) atoms. The van der Waals surface area contributed by atoms with Gasteiger partial charge in [0, 0.05) is 30.4 Å². The number of aryl methyl sites for hydroxylation is 2. The van der Waals surface area contributed by atoms with Crippen molar-refractivity contribution in [2.24, 2.45) is 7.05 Å². The van der Waals surface area contributed by atoms with Crippen molar-refractivity contribution < 1.29 is 18.0 Å². The Hall–Kier alpha value is -3.69. The van der Waals surface area contributed by atoms with Gasteiger partial charge in [0.2, 0.25) is 0 Å².